The third kappa shape index (κ3) is 6.30. The van der Waals surface area contributed by atoms with Gasteiger partial charge in [-0.05, 0) is 38.0 Å². The summed E-state index contributed by atoms with van der Waals surface area (Å²) in [5, 5.41) is 16.1. The molecule has 4 rings (SSSR count). The molecule has 0 unspecified atom stereocenters. The number of nitrogens with zero attached hydrogens (tertiary/aromatic N) is 2. The summed E-state index contributed by atoms with van der Waals surface area (Å²) in [6.07, 6.45) is -5.87. The highest BCUT2D eigenvalue weighted by atomic mass is 19.4. The number of piperidine rings is 2. The van der Waals surface area contributed by atoms with Gasteiger partial charge in [-0.1, -0.05) is 13.8 Å². The zero-order valence-electron chi connectivity index (χ0n) is 20.4. The molecule has 37 heavy (non-hydrogen) atoms. The van der Waals surface area contributed by atoms with Gasteiger partial charge in [0.2, 0.25) is 17.7 Å². The number of hydrogen-bond acceptors (Lipinski definition) is 5. The van der Waals surface area contributed by atoms with Crippen LogP contribution in [-0.2, 0) is 19.2 Å². The molecule has 0 radical (unpaired) electrons. The Balaban J connectivity index is 1.87. The molecule has 0 aromatic heterocycles. The van der Waals surface area contributed by atoms with Crippen molar-refractivity contribution in [3.63, 3.8) is 0 Å². The third-order valence-corrected chi connectivity index (χ3v) is 7.18. The quantitative estimate of drug-likeness (QED) is 0.407. The molecule has 4 amide bonds. The van der Waals surface area contributed by atoms with Crippen molar-refractivity contribution in [1.82, 2.24) is 20.9 Å². The number of alkyl halides is 5. The summed E-state index contributed by atoms with van der Waals surface area (Å²) in [7, 11) is 0. The second-order valence-corrected chi connectivity index (χ2v) is 10.3. The van der Waals surface area contributed by atoms with E-state index in [1.165, 1.54) is 0 Å². The minimum atomic E-state index is -5.27. The summed E-state index contributed by atoms with van der Waals surface area (Å²) in [4.78, 5) is 51.1. The zero-order valence-corrected chi connectivity index (χ0v) is 20.4. The molecule has 0 aromatic rings. The predicted octanol–water partition coefficient (Wildman–Crippen LogP) is 1.63. The number of nitrogens with one attached hydrogen (secondary N) is 3. The maximum atomic E-state index is 14.9. The van der Waals surface area contributed by atoms with Gasteiger partial charge in [-0.15, -0.1) is 0 Å². The maximum Gasteiger partial charge on any atom is 0.471 e. The molecule has 3 heterocycles. The van der Waals surface area contributed by atoms with Crippen molar-refractivity contribution in [3.05, 3.63) is 0 Å². The molecule has 3 N–H and O–H groups in total. The lowest BCUT2D eigenvalue weighted by atomic mass is 9.71. The fourth-order valence-electron chi connectivity index (χ4n) is 5.49. The zero-order chi connectivity index (χ0) is 27.7. The van der Waals surface area contributed by atoms with Crippen molar-refractivity contribution in [2.24, 2.45) is 17.8 Å². The Kier molecular flexibility index (Phi) is 8.34. The van der Waals surface area contributed by atoms with Gasteiger partial charge in [-0.3, -0.25) is 19.2 Å². The van der Waals surface area contributed by atoms with E-state index in [1.54, 1.807) is 19.2 Å². The van der Waals surface area contributed by atoms with Crippen LogP contribution in [-0.4, -0.2) is 71.3 Å². The summed E-state index contributed by atoms with van der Waals surface area (Å²) in [6.45, 7) is 3.62. The average Bonchev–Trinajstić information content (AvgIpc) is 3.19. The fourth-order valence-corrected chi connectivity index (χ4v) is 5.49. The van der Waals surface area contributed by atoms with Crippen LogP contribution >= 0.6 is 0 Å². The van der Waals surface area contributed by atoms with Crippen LogP contribution in [0, 0.1) is 29.1 Å². The summed E-state index contributed by atoms with van der Waals surface area (Å²) >= 11 is 0. The van der Waals surface area contributed by atoms with E-state index in [0.29, 0.717) is 13.0 Å². The number of rotatable bonds is 8. The smallest absolute Gasteiger partial charge is 0.356 e. The molecule has 1 aliphatic carbocycles. The van der Waals surface area contributed by atoms with Crippen LogP contribution in [0.2, 0.25) is 0 Å². The summed E-state index contributed by atoms with van der Waals surface area (Å²) in [5.41, 5.74) is 0. The Morgan fingerprint density at radius 1 is 1.19 bits per heavy atom. The van der Waals surface area contributed by atoms with E-state index in [-0.39, 0.29) is 37.5 Å². The van der Waals surface area contributed by atoms with Gasteiger partial charge >= 0.3 is 12.1 Å². The number of carbonyl (C=O) groups excluding carboxylic acids is 4. The number of halogens is 5. The summed E-state index contributed by atoms with van der Waals surface area (Å²) in [5.74, 6) is -10.6. The van der Waals surface area contributed by atoms with Crippen LogP contribution in [0.25, 0.3) is 0 Å². The number of fused-ring (bicyclic) bond motifs is 3. The molecule has 0 spiro atoms. The first-order valence-electron chi connectivity index (χ1n) is 12.2. The molecule has 0 aromatic carbocycles. The molecule has 2 bridgehead atoms. The Labute approximate surface area is 210 Å². The second-order valence-electron chi connectivity index (χ2n) is 10.3. The Morgan fingerprint density at radius 2 is 1.86 bits per heavy atom. The summed E-state index contributed by atoms with van der Waals surface area (Å²) in [6, 6.07) is -3.94. The molecule has 4 aliphatic rings. The number of nitriles is 1. The topological polar surface area (TPSA) is 131 Å². The highest BCUT2D eigenvalue weighted by Crippen LogP contribution is 2.49. The first kappa shape index (κ1) is 28.6. The van der Waals surface area contributed by atoms with Crippen molar-refractivity contribution in [2.45, 2.75) is 88.6 Å². The highest BCUT2D eigenvalue weighted by Gasteiger charge is 2.61. The SMILES string of the molecule is CC(C)C[C@@H](NC(=O)C(F)(F)F)C(=O)N1[C@H]2CC[C@@H]([C@@H]1C(=O)N[C@@H](C#N)C[C@@H]1CCNC1=O)C(F)(F)C2. The van der Waals surface area contributed by atoms with Gasteiger partial charge in [0.1, 0.15) is 18.1 Å². The van der Waals surface area contributed by atoms with E-state index < -0.39 is 72.2 Å². The fraction of sp³-hybridized carbons (Fsp3) is 0.783. The Bertz CT molecular complexity index is 966. The minimum Gasteiger partial charge on any atom is -0.356 e. The monoisotopic (exact) mass is 535 g/mol. The average molecular weight is 536 g/mol. The van der Waals surface area contributed by atoms with Gasteiger partial charge in [-0.25, -0.2) is 8.78 Å². The lowest BCUT2D eigenvalue weighted by Crippen LogP contribution is -2.71. The van der Waals surface area contributed by atoms with E-state index in [0.717, 1.165) is 4.90 Å². The first-order valence-corrected chi connectivity index (χ1v) is 12.2. The van der Waals surface area contributed by atoms with Crippen molar-refractivity contribution in [3.8, 4) is 6.07 Å². The summed E-state index contributed by atoms with van der Waals surface area (Å²) < 4.78 is 68.5. The minimum absolute atomic E-state index is 0.0587. The van der Waals surface area contributed by atoms with Gasteiger partial charge < -0.3 is 20.9 Å². The molecular formula is C23H30F5N5O4. The van der Waals surface area contributed by atoms with Gasteiger partial charge in [0, 0.05) is 24.9 Å². The van der Waals surface area contributed by atoms with Crippen LogP contribution in [0.1, 0.15) is 52.4 Å². The normalized spacial score (nSPS) is 28.3. The molecule has 3 aliphatic heterocycles. The largest absolute Gasteiger partial charge is 0.471 e. The van der Waals surface area contributed by atoms with E-state index >= 15 is 0 Å². The number of amides is 4. The van der Waals surface area contributed by atoms with Gasteiger partial charge in [-0.2, -0.15) is 18.4 Å². The van der Waals surface area contributed by atoms with Crippen LogP contribution in [0.3, 0.4) is 0 Å². The molecule has 4 fully saturated rings. The molecule has 6 atom stereocenters. The molecule has 206 valence electrons. The maximum absolute atomic E-state index is 14.9. The van der Waals surface area contributed by atoms with Crippen LogP contribution in [0.4, 0.5) is 22.0 Å². The van der Waals surface area contributed by atoms with Crippen LogP contribution < -0.4 is 16.0 Å². The van der Waals surface area contributed by atoms with Crippen molar-refractivity contribution in [2.75, 3.05) is 6.54 Å². The van der Waals surface area contributed by atoms with Gasteiger partial charge in [0.05, 0.1) is 12.0 Å². The van der Waals surface area contributed by atoms with Gasteiger partial charge in [0.15, 0.2) is 0 Å². The second kappa shape index (κ2) is 10.8. The van der Waals surface area contributed by atoms with Gasteiger partial charge in [0.25, 0.3) is 5.92 Å². The van der Waals surface area contributed by atoms with E-state index in [2.05, 4.69) is 10.6 Å². The van der Waals surface area contributed by atoms with Crippen molar-refractivity contribution in [1.29, 1.82) is 5.26 Å². The van der Waals surface area contributed by atoms with Crippen molar-refractivity contribution >= 4 is 23.6 Å². The Morgan fingerprint density at radius 3 is 2.38 bits per heavy atom. The molecular weight excluding hydrogens is 505 g/mol. The lowest BCUT2D eigenvalue weighted by Gasteiger charge is -2.54. The van der Waals surface area contributed by atoms with Crippen LogP contribution in [0.15, 0.2) is 0 Å². The predicted molar refractivity (Wildman–Crippen MR) is 117 cm³/mol. The molecule has 14 heteroatoms. The molecule has 9 nitrogen and oxygen atoms in total. The highest BCUT2D eigenvalue weighted by molar-refractivity contribution is 5.94. The van der Waals surface area contributed by atoms with E-state index in [4.69, 9.17) is 0 Å². The van der Waals surface area contributed by atoms with E-state index in [1.807, 2.05) is 6.07 Å². The molecule has 1 saturated carbocycles. The van der Waals surface area contributed by atoms with Crippen LogP contribution in [0.5, 0.6) is 0 Å². The number of hydrogen-bond donors (Lipinski definition) is 3. The third-order valence-electron chi connectivity index (χ3n) is 7.18. The standard InChI is InChI=1S/C23H30F5N5O4/c1-11(2)7-16(32-21(37)23(26,27)28)20(36)33-14-3-4-15(22(24,25)9-14)17(33)19(35)31-13(10-29)8-12-5-6-30-18(12)34/h11-17H,3-9H2,1-2H3,(H,30,34)(H,31,35)(H,32,37)/t12-,13+,14-,15-,16+,17+/m0/s1. The van der Waals surface area contributed by atoms with E-state index in [9.17, 15) is 46.4 Å². The molecule has 3 saturated heterocycles. The first-order chi connectivity index (χ1) is 17.2. The Hall–Kier alpha value is -2.98. The van der Waals surface area contributed by atoms with Crippen molar-refractivity contribution < 1.29 is 41.1 Å². The lowest BCUT2D eigenvalue weighted by molar-refractivity contribution is -0.196. The number of carbonyl (C=O) groups is 4.